The first-order valence-electron chi connectivity index (χ1n) is 5.75. The Bertz CT molecular complexity index is 422. The molecule has 0 bridgehead atoms. The van der Waals surface area contributed by atoms with E-state index in [1.165, 1.54) is 0 Å². The number of amides is 1. The molecule has 1 fully saturated rings. The summed E-state index contributed by atoms with van der Waals surface area (Å²) in [4.78, 5) is 13.5. The molecule has 1 amide bonds. The van der Waals surface area contributed by atoms with Gasteiger partial charge in [-0.2, -0.15) is 0 Å². The van der Waals surface area contributed by atoms with E-state index in [-0.39, 0.29) is 24.5 Å². The fourth-order valence-corrected chi connectivity index (χ4v) is 2.69. The highest BCUT2D eigenvalue weighted by Crippen LogP contribution is 2.35. The van der Waals surface area contributed by atoms with Crippen LogP contribution in [-0.2, 0) is 4.79 Å². The first-order chi connectivity index (χ1) is 8.13. The second kappa shape index (κ2) is 5.07. The molecule has 1 aromatic rings. The van der Waals surface area contributed by atoms with Crippen molar-refractivity contribution in [3.8, 4) is 0 Å². The van der Waals surface area contributed by atoms with Crippen LogP contribution in [0.5, 0.6) is 0 Å². The van der Waals surface area contributed by atoms with Gasteiger partial charge in [0.15, 0.2) is 0 Å². The highest BCUT2D eigenvalue weighted by atomic mass is 35.5. The largest absolute Gasteiger partial charge is 0.396 e. The number of halogens is 1. The van der Waals surface area contributed by atoms with E-state index in [4.69, 9.17) is 11.6 Å². The SMILES string of the molecule is CN1C(=O)CC[C@@H](CO)[C@H]1c1cccc(Cl)c1. The first-order valence-corrected chi connectivity index (χ1v) is 6.13. The van der Waals surface area contributed by atoms with Gasteiger partial charge in [-0.05, 0) is 24.1 Å². The van der Waals surface area contributed by atoms with Gasteiger partial charge in [0.1, 0.15) is 0 Å². The van der Waals surface area contributed by atoms with Gasteiger partial charge < -0.3 is 10.0 Å². The van der Waals surface area contributed by atoms with Crippen molar-refractivity contribution in [1.29, 1.82) is 0 Å². The number of benzene rings is 1. The summed E-state index contributed by atoms with van der Waals surface area (Å²) >= 11 is 5.97. The first kappa shape index (κ1) is 12.4. The molecule has 0 spiro atoms. The van der Waals surface area contributed by atoms with E-state index in [0.717, 1.165) is 12.0 Å². The van der Waals surface area contributed by atoms with E-state index in [0.29, 0.717) is 11.4 Å². The molecule has 0 aliphatic carbocycles. The van der Waals surface area contributed by atoms with Gasteiger partial charge in [0, 0.05) is 31.0 Å². The quantitative estimate of drug-likeness (QED) is 0.878. The van der Waals surface area contributed by atoms with Crippen LogP contribution in [0.1, 0.15) is 24.4 Å². The maximum absolute atomic E-state index is 11.7. The van der Waals surface area contributed by atoms with E-state index in [1.54, 1.807) is 11.9 Å². The summed E-state index contributed by atoms with van der Waals surface area (Å²) in [7, 11) is 1.79. The second-order valence-corrected chi connectivity index (χ2v) is 4.92. The Kier molecular flexibility index (Phi) is 3.69. The predicted octanol–water partition coefficient (Wildman–Crippen LogP) is 2.24. The van der Waals surface area contributed by atoms with Gasteiger partial charge in [0.05, 0.1) is 6.04 Å². The summed E-state index contributed by atoms with van der Waals surface area (Å²) in [6.07, 6.45) is 1.25. The number of aliphatic hydroxyl groups is 1. The average molecular weight is 254 g/mol. The molecule has 0 saturated carbocycles. The minimum atomic E-state index is -0.0695. The minimum absolute atomic E-state index is 0.0695. The van der Waals surface area contributed by atoms with E-state index in [9.17, 15) is 9.90 Å². The van der Waals surface area contributed by atoms with Crippen molar-refractivity contribution in [2.45, 2.75) is 18.9 Å². The number of hydrogen-bond acceptors (Lipinski definition) is 2. The lowest BCUT2D eigenvalue weighted by Crippen LogP contribution is -2.41. The number of carbonyl (C=O) groups excluding carboxylic acids is 1. The second-order valence-electron chi connectivity index (χ2n) is 4.49. The third-order valence-electron chi connectivity index (χ3n) is 3.41. The van der Waals surface area contributed by atoms with Crippen LogP contribution in [0.4, 0.5) is 0 Å². The number of nitrogens with zero attached hydrogens (tertiary/aromatic N) is 1. The van der Waals surface area contributed by atoms with Crippen LogP contribution in [0.15, 0.2) is 24.3 Å². The lowest BCUT2D eigenvalue weighted by atomic mass is 9.85. The van der Waals surface area contributed by atoms with E-state index in [2.05, 4.69) is 0 Å². The smallest absolute Gasteiger partial charge is 0.222 e. The third kappa shape index (κ3) is 2.45. The fourth-order valence-electron chi connectivity index (χ4n) is 2.49. The standard InChI is InChI=1S/C13H16ClNO2/c1-15-12(17)6-5-10(8-16)13(15)9-3-2-4-11(14)7-9/h2-4,7,10,13,16H,5-6,8H2,1H3/t10-,13+/m0/s1. The lowest BCUT2D eigenvalue weighted by Gasteiger charge is -2.38. The Morgan fingerprint density at radius 2 is 2.29 bits per heavy atom. The Labute approximate surface area is 106 Å². The Morgan fingerprint density at radius 1 is 1.53 bits per heavy atom. The molecule has 0 radical (unpaired) electrons. The maximum atomic E-state index is 11.7. The molecule has 4 heteroatoms. The van der Waals surface area contributed by atoms with Gasteiger partial charge in [0.2, 0.25) is 5.91 Å². The number of rotatable bonds is 2. The van der Waals surface area contributed by atoms with Gasteiger partial charge >= 0.3 is 0 Å². The summed E-state index contributed by atoms with van der Waals surface area (Å²) in [5.41, 5.74) is 0.993. The average Bonchev–Trinajstić information content (AvgIpc) is 2.32. The van der Waals surface area contributed by atoms with Crippen LogP contribution in [-0.4, -0.2) is 29.6 Å². The van der Waals surface area contributed by atoms with Crippen LogP contribution in [0.25, 0.3) is 0 Å². The molecule has 1 aromatic carbocycles. The van der Waals surface area contributed by atoms with Gasteiger partial charge in [-0.1, -0.05) is 23.7 Å². The van der Waals surface area contributed by atoms with Crippen LogP contribution in [0.2, 0.25) is 5.02 Å². The fraction of sp³-hybridized carbons (Fsp3) is 0.462. The summed E-state index contributed by atoms with van der Waals surface area (Å²) in [5.74, 6) is 0.218. The Hall–Kier alpha value is -1.06. The van der Waals surface area contributed by atoms with E-state index >= 15 is 0 Å². The van der Waals surface area contributed by atoms with Crippen molar-refractivity contribution in [3.63, 3.8) is 0 Å². The van der Waals surface area contributed by atoms with Crippen LogP contribution in [0.3, 0.4) is 0 Å². The van der Waals surface area contributed by atoms with E-state index in [1.807, 2.05) is 24.3 Å². The molecular weight excluding hydrogens is 238 g/mol. The Morgan fingerprint density at radius 3 is 2.94 bits per heavy atom. The number of carbonyl (C=O) groups is 1. The molecule has 1 aliphatic heterocycles. The highest BCUT2D eigenvalue weighted by Gasteiger charge is 2.34. The van der Waals surface area contributed by atoms with Gasteiger partial charge in [-0.15, -0.1) is 0 Å². The van der Waals surface area contributed by atoms with E-state index < -0.39 is 0 Å². The molecular formula is C13H16ClNO2. The molecule has 1 saturated heterocycles. The zero-order chi connectivity index (χ0) is 12.4. The summed E-state index contributed by atoms with van der Waals surface area (Å²) in [5, 5.41) is 10.1. The highest BCUT2D eigenvalue weighted by molar-refractivity contribution is 6.30. The van der Waals surface area contributed by atoms with Crippen LogP contribution >= 0.6 is 11.6 Å². The lowest BCUT2D eigenvalue weighted by molar-refractivity contribution is -0.137. The van der Waals surface area contributed by atoms with Crippen molar-refractivity contribution >= 4 is 17.5 Å². The van der Waals surface area contributed by atoms with Gasteiger partial charge in [-0.3, -0.25) is 4.79 Å². The molecule has 17 heavy (non-hydrogen) atoms. The predicted molar refractivity (Wildman–Crippen MR) is 66.8 cm³/mol. The minimum Gasteiger partial charge on any atom is -0.396 e. The monoisotopic (exact) mass is 253 g/mol. The molecule has 1 aliphatic rings. The molecule has 1 N–H and O–H groups in total. The molecule has 0 aromatic heterocycles. The molecule has 2 atom stereocenters. The third-order valence-corrected chi connectivity index (χ3v) is 3.65. The normalized spacial score (nSPS) is 25.1. The molecule has 92 valence electrons. The molecule has 2 rings (SSSR count). The number of hydrogen-bond donors (Lipinski definition) is 1. The van der Waals surface area contributed by atoms with Crippen molar-refractivity contribution in [3.05, 3.63) is 34.9 Å². The number of aliphatic hydroxyl groups excluding tert-OH is 1. The van der Waals surface area contributed by atoms with Crippen molar-refractivity contribution < 1.29 is 9.90 Å². The maximum Gasteiger partial charge on any atom is 0.222 e. The van der Waals surface area contributed by atoms with Crippen molar-refractivity contribution in [2.24, 2.45) is 5.92 Å². The summed E-state index contributed by atoms with van der Waals surface area (Å²) in [6.45, 7) is 0.0921. The number of piperidine rings is 1. The van der Waals surface area contributed by atoms with Crippen LogP contribution < -0.4 is 0 Å². The molecule has 0 unspecified atom stereocenters. The molecule has 1 heterocycles. The van der Waals surface area contributed by atoms with Gasteiger partial charge in [-0.25, -0.2) is 0 Å². The van der Waals surface area contributed by atoms with Gasteiger partial charge in [0.25, 0.3) is 0 Å². The number of likely N-dealkylation sites (tertiary alicyclic amines) is 1. The topological polar surface area (TPSA) is 40.5 Å². The summed E-state index contributed by atoms with van der Waals surface area (Å²) < 4.78 is 0. The summed E-state index contributed by atoms with van der Waals surface area (Å²) in [6, 6.07) is 7.43. The Balaban J connectivity index is 2.34. The zero-order valence-electron chi connectivity index (χ0n) is 9.77. The van der Waals surface area contributed by atoms with Crippen molar-refractivity contribution in [1.82, 2.24) is 4.90 Å². The van der Waals surface area contributed by atoms with Crippen LogP contribution in [0, 0.1) is 5.92 Å². The molecule has 3 nitrogen and oxygen atoms in total. The van der Waals surface area contributed by atoms with Crippen molar-refractivity contribution in [2.75, 3.05) is 13.7 Å². The zero-order valence-corrected chi connectivity index (χ0v) is 10.5.